The van der Waals surface area contributed by atoms with E-state index in [0.717, 1.165) is 16.7 Å². The van der Waals surface area contributed by atoms with Crippen LogP contribution >= 0.6 is 11.6 Å². The lowest BCUT2D eigenvalue weighted by Crippen LogP contribution is -2.21. The smallest absolute Gasteiger partial charge is 0.0914 e. The van der Waals surface area contributed by atoms with E-state index in [-0.39, 0.29) is 6.61 Å². The van der Waals surface area contributed by atoms with E-state index in [1.807, 2.05) is 36.4 Å². The molecule has 0 aliphatic heterocycles. The largest absolute Gasteiger partial charge is 0.392 e. The summed E-state index contributed by atoms with van der Waals surface area (Å²) in [4.78, 5) is 0. The van der Waals surface area contributed by atoms with Gasteiger partial charge in [-0.05, 0) is 28.8 Å². The van der Waals surface area contributed by atoms with Gasteiger partial charge in [0.1, 0.15) is 0 Å². The number of aliphatic hydroxyl groups excluding tert-OH is 2. The molecule has 0 aliphatic carbocycles. The van der Waals surface area contributed by atoms with E-state index < -0.39 is 6.10 Å². The molecule has 20 heavy (non-hydrogen) atoms. The quantitative estimate of drug-likeness (QED) is 0.767. The second kappa shape index (κ2) is 7.41. The third kappa shape index (κ3) is 4.32. The molecule has 2 aromatic rings. The summed E-state index contributed by atoms with van der Waals surface area (Å²) in [6, 6.07) is 14.9. The minimum Gasteiger partial charge on any atom is -0.392 e. The maximum atomic E-state index is 10.0. The molecule has 2 aromatic carbocycles. The number of nitrogens with one attached hydrogen (secondary N) is 1. The fourth-order valence-corrected chi connectivity index (χ4v) is 2.04. The zero-order chi connectivity index (χ0) is 14.4. The van der Waals surface area contributed by atoms with E-state index in [9.17, 15) is 5.11 Å². The van der Waals surface area contributed by atoms with Crippen LogP contribution in [0.3, 0.4) is 0 Å². The predicted octanol–water partition coefficient (Wildman–Crippen LogP) is 2.66. The molecular formula is C16H18ClNO2. The van der Waals surface area contributed by atoms with Gasteiger partial charge < -0.3 is 15.5 Å². The normalized spacial score (nSPS) is 12.3. The molecule has 106 valence electrons. The number of benzene rings is 2. The molecule has 0 amide bonds. The molecule has 0 saturated carbocycles. The van der Waals surface area contributed by atoms with Crippen molar-refractivity contribution in [3.8, 4) is 0 Å². The second-order valence-electron chi connectivity index (χ2n) is 4.67. The van der Waals surface area contributed by atoms with E-state index >= 15 is 0 Å². The Labute approximate surface area is 123 Å². The first-order valence-electron chi connectivity index (χ1n) is 6.52. The van der Waals surface area contributed by atoms with Gasteiger partial charge in [0.05, 0.1) is 12.7 Å². The van der Waals surface area contributed by atoms with Gasteiger partial charge in [-0.1, -0.05) is 48.0 Å². The van der Waals surface area contributed by atoms with E-state index in [1.54, 1.807) is 12.1 Å². The number of hydrogen-bond donors (Lipinski definition) is 3. The van der Waals surface area contributed by atoms with Crippen LogP contribution in [-0.2, 0) is 13.2 Å². The first-order valence-corrected chi connectivity index (χ1v) is 6.90. The van der Waals surface area contributed by atoms with Crippen LogP contribution in [0.1, 0.15) is 22.8 Å². The van der Waals surface area contributed by atoms with Crippen LogP contribution in [-0.4, -0.2) is 16.8 Å². The highest BCUT2D eigenvalue weighted by molar-refractivity contribution is 6.30. The standard InChI is InChI=1S/C16H18ClNO2/c17-15-7-5-14(6-8-15)16(20)10-18-9-12-1-3-13(11-19)4-2-12/h1-8,16,18-20H,9-11H2. The second-order valence-corrected chi connectivity index (χ2v) is 5.11. The van der Waals surface area contributed by atoms with Crippen LogP contribution in [0.2, 0.25) is 5.02 Å². The number of aliphatic hydroxyl groups is 2. The zero-order valence-corrected chi connectivity index (χ0v) is 11.8. The Balaban J connectivity index is 1.81. The third-order valence-corrected chi connectivity index (χ3v) is 3.38. The fourth-order valence-electron chi connectivity index (χ4n) is 1.92. The van der Waals surface area contributed by atoms with Gasteiger partial charge >= 0.3 is 0 Å². The average Bonchev–Trinajstić information content (AvgIpc) is 2.48. The van der Waals surface area contributed by atoms with Crippen molar-refractivity contribution < 1.29 is 10.2 Å². The van der Waals surface area contributed by atoms with Gasteiger partial charge in [-0.3, -0.25) is 0 Å². The predicted molar refractivity (Wildman–Crippen MR) is 80.5 cm³/mol. The maximum Gasteiger partial charge on any atom is 0.0914 e. The summed E-state index contributed by atoms with van der Waals surface area (Å²) >= 11 is 5.81. The SMILES string of the molecule is OCc1ccc(CNCC(O)c2ccc(Cl)cc2)cc1. The van der Waals surface area contributed by atoms with Crippen molar-refractivity contribution in [2.45, 2.75) is 19.3 Å². The van der Waals surface area contributed by atoms with Gasteiger partial charge in [-0.15, -0.1) is 0 Å². The van der Waals surface area contributed by atoms with Crippen molar-refractivity contribution in [1.29, 1.82) is 0 Å². The highest BCUT2D eigenvalue weighted by Gasteiger charge is 2.06. The van der Waals surface area contributed by atoms with Crippen molar-refractivity contribution >= 4 is 11.6 Å². The van der Waals surface area contributed by atoms with Crippen LogP contribution < -0.4 is 5.32 Å². The molecule has 0 radical (unpaired) electrons. The average molecular weight is 292 g/mol. The highest BCUT2D eigenvalue weighted by Crippen LogP contribution is 2.15. The molecule has 0 bridgehead atoms. The summed E-state index contributed by atoms with van der Waals surface area (Å²) in [6.07, 6.45) is -0.552. The van der Waals surface area contributed by atoms with Gasteiger partial charge in [0.15, 0.2) is 0 Å². The van der Waals surface area contributed by atoms with Crippen molar-refractivity contribution in [3.05, 3.63) is 70.2 Å². The van der Waals surface area contributed by atoms with Gasteiger partial charge in [-0.25, -0.2) is 0 Å². The van der Waals surface area contributed by atoms with Gasteiger partial charge in [0.25, 0.3) is 0 Å². The monoisotopic (exact) mass is 291 g/mol. The van der Waals surface area contributed by atoms with Crippen LogP contribution in [0.15, 0.2) is 48.5 Å². The summed E-state index contributed by atoms with van der Waals surface area (Å²) in [5, 5.41) is 22.9. The molecular weight excluding hydrogens is 274 g/mol. The Morgan fingerprint density at radius 1 is 0.950 bits per heavy atom. The molecule has 0 fully saturated rings. The highest BCUT2D eigenvalue weighted by atomic mass is 35.5. The van der Waals surface area contributed by atoms with Gasteiger partial charge in [-0.2, -0.15) is 0 Å². The number of halogens is 1. The maximum absolute atomic E-state index is 10.0. The molecule has 2 rings (SSSR count). The molecule has 0 aliphatic rings. The van der Waals surface area contributed by atoms with Crippen LogP contribution in [0.25, 0.3) is 0 Å². The van der Waals surface area contributed by atoms with E-state index in [4.69, 9.17) is 16.7 Å². The van der Waals surface area contributed by atoms with E-state index in [0.29, 0.717) is 18.1 Å². The fraction of sp³-hybridized carbons (Fsp3) is 0.250. The lowest BCUT2D eigenvalue weighted by atomic mass is 10.1. The van der Waals surface area contributed by atoms with E-state index in [2.05, 4.69) is 5.32 Å². The molecule has 3 nitrogen and oxygen atoms in total. The number of rotatable bonds is 6. The molecule has 3 N–H and O–H groups in total. The molecule has 0 heterocycles. The third-order valence-electron chi connectivity index (χ3n) is 3.13. The minimum atomic E-state index is -0.552. The van der Waals surface area contributed by atoms with E-state index in [1.165, 1.54) is 0 Å². The van der Waals surface area contributed by atoms with Crippen LogP contribution in [0.5, 0.6) is 0 Å². The van der Waals surface area contributed by atoms with Gasteiger partial charge in [0.2, 0.25) is 0 Å². The van der Waals surface area contributed by atoms with Crippen molar-refractivity contribution in [3.63, 3.8) is 0 Å². The topological polar surface area (TPSA) is 52.5 Å². The van der Waals surface area contributed by atoms with Crippen molar-refractivity contribution in [1.82, 2.24) is 5.32 Å². The Morgan fingerprint density at radius 3 is 2.15 bits per heavy atom. The summed E-state index contributed by atoms with van der Waals surface area (Å²) in [5.74, 6) is 0. The minimum absolute atomic E-state index is 0.0585. The number of hydrogen-bond acceptors (Lipinski definition) is 3. The van der Waals surface area contributed by atoms with Crippen LogP contribution in [0, 0.1) is 0 Å². The molecule has 0 aromatic heterocycles. The van der Waals surface area contributed by atoms with Crippen molar-refractivity contribution in [2.24, 2.45) is 0 Å². The Bertz CT molecular complexity index is 525. The lowest BCUT2D eigenvalue weighted by Gasteiger charge is -2.12. The first-order chi connectivity index (χ1) is 9.69. The molecule has 0 spiro atoms. The Hall–Kier alpha value is -1.39. The molecule has 1 unspecified atom stereocenters. The summed E-state index contributed by atoms with van der Waals surface area (Å²) in [6.45, 7) is 1.21. The lowest BCUT2D eigenvalue weighted by molar-refractivity contribution is 0.174. The molecule has 0 saturated heterocycles. The summed E-state index contributed by atoms with van der Waals surface area (Å²) in [5.41, 5.74) is 2.86. The first kappa shape index (κ1) is 15.0. The zero-order valence-electron chi connectivity index (χ0n) is 11.1. The Kier molecular flexibility index (Phi) is 5.56. The molecule has 4 heteroatoms. The van der Waals surface area contributed by atoms with Crippen LogP contribution in [0.4, 0.5) is 0 Å². The summed E-state index contributed by atoms with van der Waals surface area (Å²) in [7, 11) is 0. The molecule has 1 atom stereocenters. The Morgan fingerprint density at radius 2 is 1.55 bits per heavy atom. The van der Waals surface area contributed by atoms with Crippen molar-refractivity contribution in [2.75, 3.05) is 6.54 Å². The van der Waals surface area contributed by atoms with Gasteiger partial charge in [0, 0.05) is 18.1 Å². The summed E-state index contributed by atoms with van der Waals surface area (Å²) < 4.78 is 0.